The SMILES string of the molecule is C=C(CCF)C(=O)N(CCCCCc1nc(C2CC2)no1)c1cccc(-c2cnc3nc(C4CC4)sc3c2)c1. The standard InChI is InChI=1S/C30H32FN5O2S/c1-19(13-14-31)30(37)36(15-4-2-3-8-26-33-27(35-38-26)20-9-10-20)24-7-5-6-22(16-24)23-17-25-28(32-18-23)34-29(39-25)21-11-12-21/h5-7,16-18,20-21H,1-4,8-15H2. The summed E-state index contributed by atoms with van der Waals surface area (Å²) in [6.07, 6.45) is 9.91. The summed E-state index contributed by atoms with van der Waals surface area (Å²) in [5.41, 5.74) is 3.80. The molecule has 0 bridgehead atoms. The number of alkyl halides is 1. The molecular weight excluding hydrogens is 513 g/mol. The van der Waals surface area contributed by atoms with Crippen LogP contribution in [0.15, 0.2) is 53.2 Å². The van der Waals surface area contributed by atoms with Crippen molar-refractivity contribution in [2.45, 2.75) is 69.6 Å². The smallest absolute Gasteiger partial charge is 0.253 e. The Morgan fingerprint density at radius 2 is 1.92 bits per heavy atom. The van der Waals surface area contributed by atoms with Gasteiger partial charge >= 0.3 is 0 Å². The van der Waals surface area contributed by atoms with E-state index in [9.17, 15) is 9.18 Å². The molecule has 9 heteroatoms. The third kappa shape index (κ3) is 6.08. The number of carbonyl (C=O) groups is 1. The third-order valence-electron chi connectivity index (χ3n) is 7.32. The Labute approximate surface area is 231 Å². The molecule has 7 nitrogen and oxygen atoms in total. The molecular formula is C30H32FN5O2S. The maximum Gasteiger partial charge on any atom is 0.253 e. The Morgan fingerprint density at radius 1 is 1.08 bits per heavy atom. The fourth-order valence-corrected chi connectivity index (χ4v) is 5.85. The maximum absolute atomic E-state index is 13.3. The summed E-state index contributed by atoms with van der Waals surface area (Å²) in [7, 11) is 0. The number of halogens is 1. The Bertz CT molecular complexity index is 1490. The first-order valence-corrected chi connectivity index (χ1v) is 14.7. The topological polar surface area (TPSA) is 85.0 Å². The van der Waals surface area contributed by atoms with Gasteiger partial charge in [0.05, 0.1) is 16.4 Å². The van der Waals surface area contributed by atoms with Crippen molar-refractivity contribution in [3.8, 4) is 11.1 Å². The van der Waals surface area contributed by atoms with Crippen LogP contribution < -0.4 is 4.90 Å². The zero-order valence-electron chi connectivity index (χ0n) is 21.9. The molecule has 2 fully saturated rings. The third-order valence-corrected chi connectivity index (χ3v) is 8.48. The van der Waals surface area contributed by atoms with Crippen molar-refractivity contribution in [2.75, 3.05) is 18.1 Å². The van der Waals surface area contributed by atoms with Crippen molar-refractivity contribution in [1.82, 2.24) is 20.1 Å². The summed E-state index contributed by atoms with van der Waals surface area (Å²) in [4.78, 5) is 28.8. The van der Waals surface area contributed by atoms with E-state index in [1.165, 1.54) is 17.8 Å². The summed E-state index contributed by atoms with van der Waals surface area (Å²) in [5, 5.41) is 5.25. The van der Waals surface area contributed by atoms with Gasteiger partial charge in [-0.15, -0.1) is 11.3 Å². The first-order valence-electron chi connectivity index (χ1n) is 13.8. The molecule has 0 radical (unpaired) electrons. The first-order chi connectivity index (χ1) is 19.1. The van der Waals surface area contributed by atoms with Gasteiger partial charge in [0, 0.05) is 54.2 Å². The fraction of sp³-hybridized carbons (Fsp3) is 0.433. The number of aromatic nitrogens is 4. The molecule has 2 saturated carbocycles. The van der Waals surface area contributed by atoms with Crippen molar-refractivity contribution < 1.29 is 13.7 Å². The normalized spacial score (nSPS) is 15.1. The number of aryl methyl sites for hydroxylation is 1. The van der Waals surface area contributed by atoms with Crippen molar-refractivity contribution in [3.05, 3.63) is 65.4 Å². The average molecular weight is 546 g/mol. The van der Waals surface area contributed by atoms with Crippen molar-refractivity contribution in [2.24, 2.45) is 0 Å². The summed E-state index contributed by atoms with van der Waals surface area (Å²) in [6, 6.07) is 10.0. The minimum Gasteiger partial charge on any atom is -0.339 e. The molecule has 2 aliphatic carbocycles. The predicted molar refractivity (Wildman–Crippen MR) is 151 cm³/mol. The average Bonchev–Trinajstić information content (AvgIpc) is 3.89. The number of thiazole rings is 1. The van der Waals surface area contributed by atoms with Crippen LogP contribution in [0.3, 0.4) is 0 Å². The number of pyridine rings is 1. The lowest BCUT2D eigenvalue weighted by molar-refractivity contribution is -0.115. The molecule has 0 spiro atoms. The first kappa shape index (κ1) is 25.8. The maximum atomic E-state index is 13.3. The lowest BCUT2D eigenvalue weighted by Gasteiger charge is -2.24. The van der Waals surface area contributed by atoms with Gasteiger partial charge in [-0.2, -0.15) is 4.98 Å². The highest BCUT2D eigenvalue weighted by molar-refractivity contribution is 7.18. The number of unbranched alkanes of at least 4 members (excludes halogenated alkanes) is 2. The number of anilines is 1. The van der Waals surface area contributed by atoms with E-state index < -0.39 is 6.67 Å². The quantitative estimate of drug-likeness (QED) is 0.131. The molecule has 39 heavy (non-hydrogen) atoms. The minimum absolute atomic E-state index is 0.0325. The summed E-state index contributed by atoms with van der Waals surface area (Å²) >= 11 is 1.72. The van der Waals surface area contributed by atoms with E-state index in [0.29, 0.717) is 24.3 Å². The molecule has 202 valence electrons. The highest BCUT2D eigenvalue weighted by Crippen LogP contribution is 2.43. The number of rotatable bonds is 13. The molecule has 0 atom stereocenters. The Hall–Kier alpha value is -3.46. The van der Waals surface area contributed by atoms with E-state index in [1.54, 1.807) is 16.2 Å². The monoisotopic (exact) mass is 545 g/mol. The van der Waals surface area contributed by atoms with Crippen LogP contribution in [0.2, 0.25) is 0 Å². The Balaban J connectivity index is 1.14. The number of nitrogens with zero attached hydrogens (tertiary/aromatic N) is 5. The van der Waals surface area contributed by atoms with Gasteiger partial charge in [0.25, 0.3) is 5.91 Å². The lowest BCUT2D eigenvalue weighted by atomic mass is 10.1. The molecule has 4 aromatic rings. The van der Waals surface area contributed by atoms with Gasteiger partial charge in [0.15, 0.2) is 11.5 Å². The molecule has 0 unspecified atom stereocenters. The molecule has 0 aliphatic heterocycles. The predicted octanol–water partition coefficient (Wildman–Crippen LogP) is 7.16. The zero-order chi connectivity index (χ0) is 26.8. The van der Waals surface area contributed by atoms with Crippen LogP contribution in [-0.4, -0.2) is 39.2 Å². The van der Waals surface area contributed by atoms with Crippen LogP contribution in [0.1, 0.15) is 79.9 Å². The van der Waals surface area contributed by atoms with Crippen LogP contribution >= 0.6 is 11.3 Å². The molecule has 1 aromatic carbocycles. The number of amides is 1. The zero-order valence-corrected chi connectivity index (χ0v) is 22.8. The molecule has 2 aliphatic rings. The van der Waals surface area contributed by atoms with E-state index >= 15 is 0 Å². The highest BCUT2D eigenvalue weighted by Gasteiger charge is 2.29. The van der Waals surface area contributed by atoms with E-state index in [4.69, 9.17) is 9.51 Å². The van der Waals surface area contributed by atoms with Crippen LogP contribution in [0.4, 0.5) is 10.1 Å². The van der Waals surface area contributed by atoms with E-state index in [2.05, 4.69) is 27.8 Å². The van der Waals surface area contributed by atoms with E-state index in [-0.39, 0.29) is 17.9 Å². The number of hydrogen-bond donors (Lipinski definition) is 0. The molecule has 3 aromatic heterocycles. The molecule has 0 N–H and O–H groups in total. The molecule has 3 heterocycles. The van der Waals surface area contributed by atoms with Crippen molar-refractivity contribution in [3.63, 3.8) is 0 Å². The lowest BCUT2D eigenvalue weighted by Crippen LogP contribution is -2.33. The fourth-order valence-electron chi connectivity index (χ4n) is 4.71. The highest BCUT2D eigenvalue weighted by atomic mass is 32.1. The van der Waals surface area contributed by atoms with Gasteiger partial charge in [0.2, 0.25) is 5.89 Å². The number of fused-ring (bicyclic) bond motifs is 1. The second-order valence-corrected chi connectivity index (χ2v) is 11.6. The van der Waals surface area contributed by atoms with Crippen LogP contribution in [0.25, 0.3) is 21.5 Å². The van der Waals surface area contributed by atoms with Crippen molar-refractivity contribution in [1.29, 1.82) is 0 Å². The number of hydrogen-bond acceptors (Lipinski definition) is 7. The summed E-state index contributed by atoms with van der Waals surface area (Å²) in [6.45, 7) is 3.77. The van der Waals surface area contributed by atoms with Crippen molar-refractivity contribution >= 4 is 33.3 Å². The summed E-state index contributed by atoms with van der Waals surface area (Å²) < 4.78 is 19.5. The van der Waals surface area contributed by atoms with Gasteiger partial charge in [-0.05, 0) is 62.3 Å². The van der Waals surface area contributed by atoms with E-state index in [0.717, 1.165) is 71.5 Å². The largest absolute Gasteiger partial charge is 0.339 e. The van der Waals surface area contributed by atoms with Gasteiger partial charge in [0.1, 0.15) is 0 Å². The van der Waals surface area contributed by atoms with Gasteiger partial charge < -0.3 is 9.42 Å². The molecule has 1 amide bonds. The minimum atomic E-state index is -0.602. The number of carbonyl (C=O) groups excluding carboxylic acids is 1. The molecule has 0 saturated heterocycles. The Morgan fingerprint density at radius 3 is 2.72 bits per heavy atom. The van der Waals surface area contributed by atoms with Crippen LogP contribution in [0.5, 0.6) is 0 Å². The van der Waals surface area contributed by atoms with Gasteiger partial charge in [-0.3, -0.25) is 9.18 Å². The Kier molecular flexibility index (Phi) is 7.50. The van der Waals surface area contributed by atoms with Gasteiger partial charge in [-0.25, -0.2) is 9.97 Å². The van der Waals surface area contributed by atoms with Crippen LogP contribution in [0, 0.1) is 0 Å². The van der Waals surface area contributed by atoms with E-state index in [1.807, 2.05) is 30.5 Å². The molecule has 6 rings (SSSR count). The number of benzene rings is 1. The van der Waals surface area contributed by atoms with Gasteiger partial charge in [-0.1, -0.05) is 30.3 Å². The van der Waals surface area contributed by atoms with Crippen LogP contribution in [-0.2, 0) is 11.2 Å². The second kappa shape index (κ2) is 11.3. The summed E-state index contributed by atoms with van der Waals surface area (Å²) in [5.74, 6) is 2.36. The second-order valence-electron chi connectivity index (χ2n) is 10.6.